The normalized spacial score (nSPS) is 19.4. The van der Waals surface area contributed by atoms with E-state index in [1.807, 2.05) is 20.8 Å². The number of halogens is 6. The van der Waals surface area contributed by atoms with Crippen molar-refractivity contribution in [1.29, 1.82) is 0 Å². The van der Waals surface area contributed by atoms with E-state index in [1.165, 1.54) is 23.9 Å². The van der Waals surface area contributed by atoms with Crippen molar-refractivity contribution in [2.45, 2.75) is 44.5 Å². The molecule has 2 aromatic rings. The zero-order valence-electron chi connectivity index (χ0n) is 18.0. The third-order valence-electron chi connectivity index (χ3n) is 4.93. The molecule has 2 N–H and O–H groups in total. The van der Waals surface area contributed by atoms with Crippen LogP contribution >= 0.6 is 11.8 Å². The van der Waals surface area contributed by atoms with Gasteiger partial charge in [-0.3, -0.25) is 9.69 Å². The van der Waals surface area contributed by atoms with Crippen LogP contribution in [0.2, 0.25) is 0 Å². The van der Waals surface area contributed by atoms with Gasteiger partial charge in [-0.1, -0.05) is 20.8 Å². The number of thioether (sulfide) groups is 1. The number of carboxylic acid groups (broad SMARTS) is 1. The topological polar surface area (TPSA) is 87.5 Å². The first kappa shape index (κ1) is 25.7. The lowest BCUT2D eigenvalue weighted by Gasteiger charge is -2.34. The van der Waals surface area contributed by atoms with Crippen LogP contribution in [0.1, 0.15) is 32.2 Å². The molecule has 1 aliphatic heterocycles. The highest BCUT2D eigenvalue weighted by Crippen LogP contribution is 2.41. The molecule has 7 nitrogen and oxygen atoms in total. The molecule has 0 aliphatic carbocycles. The van der Waals surface area contributed by atoms with Crippen LogP contribution in [0.15, 0.2) is 30.3 Å². The Hall–Kier alpha value is -2.90. The van der Waals surface area contributed by atoms with E-state index in [0.29, 0.717) is 0 Å². The maximum absolute atomic E-state index is 13.2. The maximum atomic E-state index is 13.2. The summed E-state index contributed by atoms with van der Waals surface area (Å²) in [6, 6.07) is 3.43. The van der Waals surface area contributed by atoms with Gasteiger partial charge < -0.3 is 10.4 Å². The van der Waals surface area contributed by atoms with E-state index >= 15 is 0 Å². The van der Waals surface area contributed by atoms with Crippen molar-refractivity contribution >= 4 is 29.4 Å². The number of carbonyl (C=O) groups is 2. The van der Waals surface area contributed by atoms with E-state index in [0.717, 1.165) is 17.0 Å². The molecule has 0 bridgehead atoms. The first-order chi connectivity index (χ1) is 15.5. The summed E-state index contributed by atoms with van der Waals surface area (Å²) in [7, 11) is 0. The van der Waals surface area contributed by atoms with Gasteiger partial charge in [0.1, 0.15) is 11.7 Å². The molecule has 1 aliphatic rings. The molecule has 2 unspecified atom stereocenters. The van der Waals surface area contributed by atoms with Crippen LogP contribution in [0.5, 0.6) is 0 Å². The number of hydrogen-bond acceptors (Lipinski definition) is 4. The Kier molecular flexibility index (Phi) is 6.59. The van der Waals surface area contributed by atoms with Crippen molar-refractivity contribution < 1.29 is 41.0 Å². The first-order valence-corrected chi connectivity index (χ1v) is 10.8. The van der Waals surface area contributed by atoms with Gasteiger partial charge >= 0.3 is 18.4 Å². The molecule has 1 saturated heterocycles. The third kappa shape index (κ3) is 5.26. The zero-order valence-corrected chi connectivity index (χ0v) is 18.8. The van der Waals surface area contributed by atoms with Crippen molar-refractivity contribution in [2.24, 2.45) is 5.41 Å². The summed E-state index contributed by atoms with van der Waals surface area (Å²) in [5, 5.41) is 14.7. The van der Waals surface area contributed by atoms with Gasteiger partial charge in [0.2, 0.25) is 5.91 Å². The molecule has 0 saturated carbocycles. The molecule has 34 heavy (non-hydrogen) atoms. The van der Waals surface area contributed by atoms with Crippen LogP contribution < -0.4 is 5.32 Å². The number of anilines is 1. The molecule has 2 atom stereocenters. The molecule has 1 fully saturated rings. The van der Waals surface area contributed by atoms with E-state index in [4.69, 9.17) is 0 Å². The van der Waals surface area contributed by atoms with Gasteiger partial charge in [-0.15, -0.1) is 11.8 Å². The molecule has 2 amide bonds. The summed E-state index contributed by atoms with van der Waals surface area (Å²) in [5.74, 6) is -0.426. The Labute approximate surface area is 194 Å². The maximum Gasteiger partial charge on any atom is 0.435 e. The van der Waals surface area contributed by atoms with Gasteiger partial charge in [-0.05, 0) is 29.7 Å². The van der Waals surface area contributed by atoms with Gasteiger partial charge in [0.15, 0.2) is 5.69 Å². The molecular formula is C20H20F6N4O3S. The Bertz CT molecular complexity index is 1080. The second kappa shape index (κ2) is 8.71. The molecule has 2 heterocycles. The predicted octanol–water partition coefficient (Wildman–Crippen LogP) is 5.32. The van der Waals surface area contributed by atoms with Crippen molar-refractivity contribution in [3.8, 4) is 5.69 Å². The number of benzene rings is 1. The largest absolute Gasteiger partial charge is 0.465 e. The Balaban J connectivity index is 1.83. The zero-order chi connectivity index (χ0) is 25.6. The smallest absolute Gasteiger partial charge is 0.435 e. The number of rotatable bonds is 3. The lowest BCUT2D eigenvalue weighted by molar-refractivity contribution is -0.143. The van der Waals surface area contributed by atoms with Gasteiger partial charge in [0.05, 0.1) is 11.1 Å². The summed E-state index contributed by atoms with van der Waals surface area (Å²) in [4.78, 5) is 25.6. The first-order valence-electron chi connectivity index (χ1n) is 9.79. The summed E-state index contributed by atoms with van der Waals surface area (Å²) in [5.41, 5.74) is -3.92. The number of nitrogens with zero attached hydrogens (tertiary/aromatic N) is 3. The van der Waals surface area contributed by atoms with E-state index in [-0.39, 0.29) is 27.9 Å². The minimum absolute atomic E-state index is 0.0838. The van der Waals surface area contributed by atoms with Crippen LogP contribution in [-0.2, 0) is 17.1 Å². The standard InChI is InChI=1S/C20H20F6N4O3S/c1-18(2,3)16-29(17(32)33)12(9-34-16)15(31)27-10-4-6-11(7-5-10)30-14(20(24,25)26)8-13(28-30)19(21,22)23/h4-8,12,16H,9H2,1-3H3,(H,27,31)(H,32,33). The average molecular weight is 510 g/mol. The molecule has 1 aromatic heterocycles. The quantitative estimate of drug-likeness (QED) is 0.546. The van der Waals surface area contributed by atoms with Crippen LogP contribution in [0.3, 0.4) is 0 Å². The fourth-order valence-corrected chi connectivity index (χ4v) is 5.01. The van der Waals surface area contributed by atoms with Crippen molar-refractivity contribution in [3.05, 3.63) is 41.7 Å². The van der Waals surface area contributed by atoms with Gasteiger partial charge in [0, 0.05) is 17.5 Å². The van der Waals surface area contributed by atoms with Crippen LogP contribution in [0.25, 0.3) is 5.69 Å². The minimum Gasteiger partial charge on any atom is -0.465 e. The highest BCUT2D eigenvalue weighted by molar-refractivity contribution is 8.00. The fourth-order valence-electron chi connectivity index (χ4n) is 3.44. The minimum atomic E-state index is -5.09. The number of amides is 2. The summed E-state index contributed by atoms with van der Waals surface area (Å²) in [6.07, 6.45) is -11.4. The third-order valence-corrected chi connectivity index (χ3v) is 6.69. The number of nitrogens with one attached hydrogen (secondary N) is 1. The number of aromatic nitrogens is 2. The molecule has 14 heteroatoms. The van der Waals surface area contributed by atoms with Crippen molar-refractivity contribution in [1.82, 2.24) is 14.7 Å². The second-order valence-electron chi connectivity index (χ2n) is 8.62. The van der Waals surface area contributed by atoms with E-state index in [9.17, 15) is 41.0 Å². The van der Waals surface area contributed by atoms with E-state index in [2.05, 4.69) is 10.4 Å². The lowest BCUT2D eigenvalue weighted by atomic mass is 9.95. The van der Waals surface area contributed by atoms with E-state index < -0.39 is 52.6 Å². The van der Waals surface area contributed by atoms with Crippen LogP contribution in [0.4, 0.5) is 36.8 Å². The monoisotopic (exact) mass is 510 g/mol. The molecule has 186 valence electrons. The van der Waals surface area contributed by atoms with Crippen LogP contribution in [0, 0.1) is 5.41 Å². The van der Waals surface area contributed by atoms with Crippen molar-refractivity contribution in [2.75, 3.05) is 11.1 Å². The summed E-state index contributed by atoms with van der Waals surface area (Å²) >= 11 is 1.31. The van der Waals surface area contributed by atoms with Gasteiger partial charge in [-0.25, -0.2) is 9.48 Å². The average Bonchev–Trinajstić information content (AvgIpc) is 3.33. The Morgan fingerprint density at radius 3 is 2.12 bits per heavy atom. The lowest BCUT2D eigenvalue weighted by Crippen LogP contribution is -2.50. The van der Waals surface area contributed by atoms with E-state index in [1.54, 1.807) is 0 Å². The Morgan fingerprint density at radius 1 is 1.06 bits per heavy atom. The highest BCUT2D eigenvalue weighted by atomic mass is 32.2. The van der Waals surface area contributed by atoms with Gasteiger partial charge in [0.25, 0.3) is 0 Å². The van der Waals surface area contributed by atoms with Crippen LogP contribution in [-0.4, -0.2) is 49.0 Å². The molecule has 1 aromatic carbocycles. The molecule has 3 rings (SSSR count). The summed E-state index contributed by atoms with van der Waals surface area (Å²) in [6.45, 7) is 5.52. The number of alkyl halides is 6. The second-order valence-corrected chi connectivity index (χ2v) is 9.73. The molecular weight excluding hydrogens is 490 g/mol. The molecule has 0 radical (unpaired) electrons. The number of carbonyl (C=O) groups excluding carboxylic acids is 1. The predicted molar refractivity (Wildman–Crippen MR) is 112 cm³/mol. The fraction of sp³-hybridized carbons (Fsp3) is 0.450. The number of hydrogen-bond donors (Lipinski definition) is 2. The highest BCUT2D eigenvalue weighted by Gasteiger charge is 2.46. The van der Waals surface area contributed by atoms with Gasteiger partial charge in [-0.2, -0.15) is 31.4 Å². The summed E-state index contributed by atoms with van der Waals surface area (Å²) < 4.78 is 78.5. The molecule has 0 spiro atoms. The Morgan fingerprint density at radius 2 is 1.65 bits per heavy atom. The van der Waals surface area contributed by atoms with Crippen molar-refractivity contribution in [3.63, 3.8) is 0 Å². The SMILES string of the molecule is CC(C)(C)C1SCC(C(=O)Nc2ccc(-n3nc(C(F)(F)F)cc3C(F)(F)F)cc2)N1C(=O)O.